The van der Waals surface area contributed by atoms with Gasteiger partial charge in [-0.05, 0) is 24.1 Å². The van der Waals surface area contributed by atoms with E-state index in [-0.39, 0.29) is 5.76 Å². The van der Waals surface area contributed by atoms with Crippen molar-refractivity contribution in [1.82, 2.24) is 0 Å². The van der Waals surface area contributed by atoms with E-state index in [0.29, 0.717) is 0 Å². The van der Waals surface area contributed by atoms with Gasteiger partial charge in [-0.3, -0.25) is 0 Å². The average molecular weight is 268 g/mol. The second-order valence-corrected chi connectivity index (χ2v) is 4.28. The second kappa shape index (κ2) is 6.57. The van der Waals surface area contributed by atoms with Crippen LogP contribution in [0.2, 0.25) is 0 Å². The van der Waals surface area contributed by atoms with E-state index in [4.69, 9.17) is 4.74 Å². The Bertz CT molecular complexity index is 549. The molecule has 0 atom stereocenters. The molecule has 3 heteroatoms. The molecule has 0 aromatic heterocycles. The zero-order valence-corrected chi connectivity index (χ0v) is 11.2. The summed E-state index contributed by atoms with van der Waals surface area (Å²) in [5, 5.41) is 9.46. The lowest BCUT2D eigenvalue weighted by molar-refractivity contribution is -0.145. The van der Waals surface area contributed by atoms with Crippen molar-refractivity contribution < 1.29 is 14.6 Å². The van der Waals surface area contributed by atoms with E-state index in [1.54, 1.807) is 6.92 Å². The number of hydrogen-bond acceptors (Lipinski definition) is 3. The highest BCUT2D eigenvalue weighted by molar-refractivity contribution is 5.86. The van der Waals surface area contributed by atoms with Gasteiger partial charge in [0, 0.05) is 0 Å². The summed E-state index contributed by atoms with van der Waals surface area (Å²) in [6.07, 6.45) is 0.780. The lowest BCUT2D eigenvalue weighted by Gasteiger charge is -2.18. The third kappa shape index (κ3) is 3.26. The molecule has 0 spiro atoms. The summed E-state index contributed by atoms with van der Waals surface area (Å²) < 4.78 is 5.42. The zero-order valence-electron chi connectivity index (χ0n) is 11.2. The minimum Gasteiger partial charge on any atom is -0.502 e. The molecule has 0 aliphatic carbocycles. The SMILES string of the molecule is C/C=C(/O)C(=O)OC(c1ccccc1)c1ccccc1. The van der Waals surface area contributed by atoms with Gasteiger partial charge < -0.3 is 9.84 Å². The van der Waals surface area contributed by atoms with E-state index >= 15 is 0 Å². The molecule has 2 rings (SSSR count). The van der Waals surface area contributed by atoms with Crippen LogP contribution >= 0.6 is 0 Å². The van der Waals surface area contributed by atoms with Gasteiger partial charge >= 0.3 is 5.97 Å². The van der Waals surface area contributed by atoms with Crippen molar-refractivity contribution in [2.24, 2.45) is 0 Å². The maximum Gasteiger partial charge on any atom is 0.373 e. The van der Waals surface area contributed by atoms with Crippen molar-refractivity contribution >= 4 is 5.97 Å². The highest BCUT2D eigenvalue weighted by Gasteiger charge is 2.20. The van der Waals surface area contributed by atoms with E-state index in [9.17, 15) is 9.90 Å². The molecule has 0 saturated heterocycles. The number of aliphatic hydroxyl groups is 1. The van der Waals surface area contributed by atoms with Crippen LogP contribution in [0.3, 0.4) is 0 Å². The van der Waals surface area contributed by atoms with Gasteiger partial charge in [0.05, 0.1) is 0 Å². The molecule has 20 heavy (non-hydrogen) atoms. The number of aliphatic hydroxyl groups excluding tert-OH is 1. The topological polar surface area (TPSA) is 46.5 Å². The predicted molar refractivity (Wildman–Crippen MR) is 77.2 cm³/mol. The van der Waals surface area contributed by atoms with Gasteiger partial charge in [0.25, 0.3) is 0 Å². The summed E-state index contributed by atoms with van der Waals surface area (Å²) in [7, 11) is 0. The molecule has 0 unspecified atom stereocenters. The van der Waals surface area contributed by atoms with Crippen molar-refractivity contribution in [3.8, 4) is 0 Å². The molecule has 1 N–H and O–H groups in total. The normalized spacial score (nSPS) is 11.4. The highest BCUT2D eigenvalue weighted by atomic mass is 16.6. The van der Waals surface area contributed by atoms with Crippen molar-refractivity contribution in [2.45, 2.75) is 13.0 Å². The average Bonchev–Trinajstić information content (AvgIpc) is 2.53. The molecule has 2 aromatic rings. The number of allylic oxidation sites excluding steroid dienone is 1. The summed E-state index contributed by atoms with van der Waals surface area (Å²) in [6.45, 7) is 1.58. The molecule has 0 aliphatic rings. The molecule has 3 nitrogen and oxygen atoms in total. The molecule has 2 aromatic carbocycles. The fraction of sp³-hybridized carbons (Fsp3) is 0.118. The minimum atomic E-state index is -0.731. The molecule has 102 valence electrons. The van der Waals surface area contributed by atoms with E-state index < -0.39 is 12.1 Å². The van der Waals surface area contributed by atoms with Crippen LogP contribution < -0.4 is 0 Å². The first-order chi connectivity index (χ1) is 9.72. The highest BCUT2D eigenvalue weighted by Crippen LogP contribution is 2.26. The Morgan fingerprint density at radius 1 is 1.00 bits per heavy atom. The third-order valence-corrected chi connectivity index (χ3v) is 2.91. The Morgan fingerprint density at radius 3 is 1.85 bits per heavy atom. The van der Waals surface area contributed by atoms with Crippen LogP contribution in [0.15, 0.2) is 72.5 Å². The van der Waals surface area contributed by atoms with Gasteiger partial charge in [-0.2, -0.15) is 0 Å². The molecule has 0 radical (unpaired) electrons. The largest absolute Gasteiger partial charge is 0.502 e. The van der Waals surface area contributed by atoms with Crippen LogP contribution in [0.4, 0.5) is 0 Å². The van der Waals surface area contributed by atoms with Crippen molar-refractivity contribution in [2.75, 3.05) is 0 Å². The first kappa shape index (κ1) is 13.9. The fourth-order valence-electron chi connectivity index (χ4n) is 1.87. The summed E-state index contributed by atoms with van der Waals surface area (Å²) in [6, 6.07) is 18.9. The van der Waals surface area contributed by atoms with E-state index in [0.717, 1.165) is 11.1 Å². The quantitative estimate of drug-likeness (QED) is 0.521. The number of carbonyl (C=O) groups excluding carboxylic acids is 1. The zero-order chi connectivity index (χ0) is 14.4. The van der Waals surface area contributed by atoms with Crippen molar-refractivity contribution in [1.29, 1.82) is 0 Å². The first-order valence-corrected chi connectivity index (χ1v) is 6.38. The number of esters is 1. The van der Waals surface area contributed by atoms with E-state index in [2.05, 4.69) is 0 Å². The lowest BCUT2D eigenvalue weighted by Crippen LogP contribution is -2.14. The van der Waals surface area contributed by atoms with Crippen LogP contribution in [0.25, 0.3) is 0 Å². The number of benzene rings is 2. The van der Waals surface area contributed by atoms with Crippen LogP contribution in [0.1, 0.15) is 24.2 Å². The van der Waals surface area contributed by atoms with Crippen LogP contribution in [-0.4, -0.2) is 11.1 Å². The molecule has 0 bridgehead atoms. The monoisotopic (exact) mass is 268 g/mol. The van der Waals surface area contributed by atoms with Crippen molar-refractivity contribution in [3.05, 3.63) is 83.6 Å². The van der Waals surface area contributed by atoms with Crippen molar-refractivity contribution in [3.63, 3.8) is 0 Å². The first-order valence-electron chi connectivity index (χ1n) is 6.38. The number of rotatable bonds is 4. The van der Waals surface area contributed by atoms with Gasteiger partial charge in [-0.25, -0.2) is 4.79 Å². The third-order valence-electron chi connectivity index (χ3n) is 2.91. The van der Waals surface area contributed by atoms with Crippen LogP contribution in [0, 0.1) is 0 Å². The maximum absolute atomic E-state index is 11.8. The lowest BCUT2D eigenvalue weighted by atomic mass is 10.0. The van der Waals surface area contributed by atoms with Gasteiger partial charge in [-0.1, -0.05) is 60.7 Å². The Labute approximate surface area is 118 Å². The van der Waals surface area contributed by atoms with Gasteiger partial charge in [0.2, 0.25) is 0 Å². The Morgan fingerprint density at radius 2 is 1.45 bits per heavy atom. The molecule has 0 saturated carbocycles. The standard InChI is InChI=1S/C17H16O3/c1-2-15(18)17(19)20-16(13-9-5-3-6-10-13)14-11-7-4-8-12-14/h2-12,16,18H,1H3/b15-2+. The summed E-state index contributed by atoms with van der Waals surface area (Å²) >= 11 is 0. The Kier molecular flexibility index (Phi) is 4.56. The van der Waals surface area contributed by atoms with Gasteiger partial charge in [0.1, 0.15) is 0 Å². The molecule has 0 amide bonds. The van der Waals surface area contributed by atoms with E-state index in [1.165, 1.54) is 6.08 Å². The summed E-state index contributed by atoms with van der Waals surface area (Å²) in [5.74, 6) is -1.12. The molecule has 0 fully saturated rings. The van der Waals surface area contributed by atoms with Gasteiger partial charge in [-0.15, -0.1) is 0 Å². The molecular formula is C17H16O3. The van der Waals surface area contributed by atoms with Crippen LogP contribution in [0.5, 0.6) is 0 Å². The predicted octanol–water partition coefficient (Wildman–Crippen LogP) is 3.78. The minimum absolute atomic E-state index is 0.387. The Hall–Kier alpha value is -2.55. The molecular weight excluding hydrogens is 252 g/mol. The second-order valence-electron chi connectivity index (χ2n) is 4.28. The molecule has 0 aliphatic heterocycles. The number of carbonyl (C=O) groups is 1. The number of hydrogen-bond donors (Lipinski definition) is 1. The summed E-state index contributed by atoms with van der Waals surface area (Å²) in [4.78, 5) is 11.8. The summed E-state index contributed by atoms with van der Waals surface area (Å²) in [5.41, 5.74) is 1.71. The van der Waals surface area contributed by atoms with Gasteiger partial charge in [0.15, 0.2) is 11.9 Å². The van der Waals surface area contributed by atoms with E-state index in [1.807, 2.05) is 60.7 Å². The van der Waals surface area contributed by atoms with Crippen LogP contribution in [-0.2, 0) is 9.53 Å². The fourth-order valence-corrected chi connectivity index (χ4v) is 1.87. The Balaban J connectivity index is 2.33. The maximum atomic E-state index is 11.8. The molecule has 0 heterocycles. The smallest absolute Gasteiger partial charge is 0.373 e. The number of ether oxygens (including phenoxy) is 1.